The number of alkyl halides is 2. The molecular formula is C22H18F2N2O4. The van der Waals surface area contributed by atoms with Crippen LogP contribution in [0.4, 0.5) is 20.2 Å². The van der Waals surface area contributed by atoms with E-state index in [2.05, 4.69) is 15.4 Å². The van der Waals surface area contributed by atoms with Crippen LogP contribution in [0.2, 0.25) is 0 Å². The number of amides is 2. The highest BCUT2D eigenvalue weighted by molar-refractivity contribution is 6.06. The Morgan fingerprint density at radius 3 is 1.90 bits per heavy atom. The summed E-state index contributed by atoms with van der Waals surface area (Å²) in [5.41, 5.74) is 1.62. The van der Waals surface area contributed by atoms with E-state index in [1.165, 1.54) is 24.3 Å². The maximum atomic E-state index is 12.3. The number of carbonyl (C=O) groups is 2. The van der Waals surface area contributed by atoms with Gasteiger partial charge in [0.1, 0.15) is 11.5 Å². The molecule has 0 unspecified atom stereocenters. The Bertz CT molecular complexity index is 1020. The lowest BCUT2D eigenvalue weighted by Gasteiger charge is -2.09. The van der Waals surface area contributed by atoms with Crippen LogP contribution in [0, 0.1) is 0 Å². The molecule has 0 fully saturated rings. The smallest absolute Gasteiger partial charge is 0.387 e. The third-order valence-electron chi connectivity index (χ3n) is 4.07. The molecule has 0 aliphatic carbocycles. The predicted octanol–water partition coefficient (Wildman–Crippen LogP) is 4.80. The second kappa shape index (κ2) is 9.51. The van der Waals surface area contributed by atoms with Gasteiger partial charge >= 0.3 is 6.61 Å². The van der Waals surface area contributed by atoms with Crippen LogP contribution < -0.4 is 20.1 Å². The lowest BCUT2D eigenvalue weighted by atomic mass is 10.1. The molecule has 0 bridgehead atoms. The summed E-state index contributed by atoms with van der Waals surface area (Å²) < 4.78 is 34.0. The monoisotopic (exact) mass is 412 g/mol. The van der Waals surface area contributed by atoms with Crippen molar-refractivity contribution in [2.24, 2.45) is 0 Å². The Kier molecular flexibility index (Phi) is 6.59. The molecule has 0 spiro atoms. The first-order valence-corrected chi connectivity index (χ1v) is 8.86. The molecule has 0 radical (unpaired) electrons. The first-order valence-electron chi connectivity index (χ1n) is 8.86. The van der Waals surface area contributed by atoms with E-state index in [0.29, 0.717) is 22.7 Å². The predicted molar refractivity (Wildman–Crippen MR) is 108 cm³/mol. The van der Waals surface area contributed by atoms with E-state index in [0.717, 1.165) is 0 Å². The van der Waals surface area contributed by atoms with Gasteiger partial charge < -0.3 is 20.1 Å². The molecule has 3 aromatic carbocycles. The van der Waals surface area contributed by atoms with E-state index < -0.39 is 12.5 Å². The van der Waals surface area contributed by atoms with E-state index in [9.17, 15) is 18.4 Å². The zero-order valence-corrected chi connectivity index (χ0v) is 15.9. The largest absolute Gasteiger partial charge is 0.497 e. The third kappa shape index (κ3) is 5.54. The number of hydrogen-bond acceptors (Lipinski definition) is 4. The fourth-order valence-corrected chi connectivity index (χ4v) is 2.60. The summed E-state index contributed by atoms with van der Waals surface area (Å²) in [7, 11) is 1.56. The van der Waals surface area contributed by atoms with Gasteiger partial charge in [-0.2, -0.15) is 8.78 Å². The maximum absolute atomic E-state index is 12.3. The summed E-state index contributed by atoms with van der Waals surface area (Å²) in [5, 5.41) is 5.40. The Morgan fingerprint density at radius 2 is 1.33 bits per heavy atom. The number of methoxy groups -OCH3 is 1. The molecule has 0 aromatic heterocycles. The van der Waals surface area contributed by atoms with Gasteiger partial charge in [0.2, 0.25) is 0 Å². The fourth-order valence-electron chi connectivity index (χ4n) is 2.60. The summed E-state index contributed by atoms with van der Waals surface area (Å²) in [6, 6.07) is 18.6. The van der Waals surface area contributed by atoms with Crippen LogP contribution in [0.1, 0.15) is 20.7 Å². The molecule has 0 saturated heterocycles. The van der Waals surface area contributed by atoms with E-state index >= 15 is 0 Å². The van der Waals surface area contributed by atoms with Crippen LogP contribution in [0.25, 0.3) is 0 Å². The maximum Gasteiger partial charge on any atom is 0.387 e. The molecule has 0 heterocycles. The molecule has 3 aromatic rings. The van der Waals surface area contributed by atoms with Gasteiger partial charge in [-0.1, -0.05) is 6.07 Å². The van der Waals surface area contributed by atoms with Gasteiger partial charge in [-0.05, 0) is 66.7 Å². The van der Waals surface area contributed by atoms with Crippen LogP contribution in [-0.4, -0.2) is 25.5 Å². The number of anilines is 2. The molecule has 0 saturated carbocycles. The minimum atomic E-state index is -2.97. The number of carbonyl (C=O) groups excluding carboxylic acids is 2. The molecule has 2 amide bonds. The molecule has 154 valence electrons. The Hall–Kier alpha value is -3.94. The van der Waals surface area contributed by atoms with E-state index in [1.807, 2.05) is 0 Å². The van der Waals surface area contributed by atoms with Crippen LogP contribution in [0.5, 0.6) is 11.5 Å². The van der Waals surface area contributed by atoms with Crippen molar-refractivity contribution in [2.75, 3.05) is 17.7 Å². The summed E-state index contributed by atoms with van der Waals surface area (Å²) >= 11 is 0. The third-order valence-corrected chi connectivity index (χ3v) is 4.07. The van der Waals surface area contributed by atoms with Gasteiger partial charge in [-0.15, -0.1) is 0 Å². The number of benzene rings is 3. The number of nitrogens with one attached hydrogen (secondary N) is 2. The van der Waals surface area contributed by atoms with Gasteiger partial charge in [-0.3, -0.25) is 9.59 Å². The van der Waals surface area contributed by atoms with Gasteiger partial charge in [0, 0.05) is 22.5 Å². The normalized spacial score (nSPS) is 10.4. The van der Waals surface area contributed by atoms with Crippen molar-refractivity contribution in [1.29, 1.82) is 0 Å². The molecule has 2 N–H and O–H groups in total. The van der Waals surface area contributed by atoms with Gasteiger partial charge in [0.05, 0.1) is 7.11 Å². The summed E-state index contributed by atoms with van der Waals surface area (Å²) in [6.45, 7) is -2.97. The Labute approximate surface area is 171 Å². The van der Waals surface area contributed by atoms with E-state index in [4.69, 9.17) is 4.74 Å². The average Bonchev–Trinajstić information content (AvgIpc) is 2.74. The molecule has 30 heavy (non-hydrogen) atoms. The summed E-state index contributed by atoms with van der Waals surface area (Å²) in [5.74, 6) is -0.234. The molecule has 0 aliphatic rings. The first kappa shape index (κ1) is 20.8. The molecule has 0 aliphatic heterocycles. The lowest BCUT2D eigenvalue weighted by Crippen LogP contribution is -2.14. The summed E-state index contributed by atoms with van der Waals surface area (Å²) in [6.07, 6.45) is 0. The molecule has 0 atom stereocenters. The van der Waals surface area contributed by atoms with Gasteiger partial charge in [0.15, 0.2) is 0 Å². The number of hydrogen-bond donors (Lipinski definition) is 2. The number of rotatable bonds is 7. The number of ether oxygens (including phenoxy) is 2. The second-order valence-corrected chi connectivity index (χ2v) is 6.12. The topological polar surface area (TPSA) is 76.7 Å². The van der Waals surface area contributed by atoms with Gasteiger partial charge in [0.25, 0.3) is 11.8 Å². The van der Waals surface area contributed by atoms with Crippen LogP contribution in [0.3, 0.4) is 0 Å². The molecule has 8 heteroatoms. The first-order chi connectivity index (χ1) is 14.4. The Balaban J connectivity index is 1.62. The van der Waals surface area contributed by atoms with Crippen molar-refractivity contribution >= 4 is 23.2 Å². The van der Waals surface area contributed by atoms with Crippen molar-refractivity contribution in [3.05, 3.63) is 83.9 Å². The highest BCUT2D eigenvalue weighted by atomic mass is 19.3. The number of halogens is 2. The molecule has 6 nitrogen and oxygen atoms in total. The van der Waals surface area contributed by atoms with Crippen LogP contribution in [-0.2, 0) is 0 Å². The molecule has 3 rings (SSSR count). The fraction of sp³-hybridized carbons (Fsp3) is 0.0909. The van der Waals surface area contributed by atoms with E-state index in [-0.39, 0.29) is 17.2 Å². The second-order valence-electron chi connectivity index (χ2n) is 6.12. The minimum absolute atomic E-state index is 0.108. The zero-order valence-electron chi connectivity index (χ0n) is 15.9. The van der Waals surface area contributed by atoms with Crippen molar-refractivity contribution < 1.29 is 27.8 Å². The van der Waals surface area contributed by atoms with Crippen molar-refractivity contribution in [2.45, 2.75) is 6.61 Å². The highest BCUT2D eigenvalue weighted by Gasteiger charge is 2.11. The van der Waals surface area contributed by atoms with Crippen molar-refractivity contribution in [1.82, 2.24) is 0 Å². The quantitative estimate of drug-likeness (QED) is 0.584. The SMILES string of the molecule is COc1ccc(NC(=O)c2ccc(NC(=O)c3cccc(OC(F)F)c3)cc2)cc1. The molecular weight excluding hydrogens is 394 g/mol. The zero-order chi connectivity index (χ0) is 21.5. The lowest BCUT2D eigenvalue weighted by molar-refractivity contribution is -0.0498. The highest BCUT2D eigenvalue weighted by Crippen LogP contribution is 2.19. The van der Waals surface area contributed by atoms with E-state index in [1.54, 1.807) is 55.6 Å². The average molecular weight is 412 g/mol. The van der Waals surface area contributed by atoms with Crippen LogP contribution >= 0.6 is 0 Å². The minimum Gasteiger partial charge on any atom is -0.497 e. The van der Waals surface area contributed by atoms with Crippen LogP contribution in [0.15, 0.2) is 72.8 Å². The Morgan fingerprint density at radius 1 is 0.767 bits per heavy atom. The van der Waals surface area contributed by atoms with Crippen molar-refractivity contribution in [3.8, 4) is 11.5 Å². The van der Waals surface area contributed by atoms with Crippen molar-refractivity contribution in [3.63, 3.8) is 0 Å². The summed E-state index contributed by atoms with van der Waals surface area (Å²) in [4.78, 5) is 24.7. The van der Waals surface area contributed by atoms with Gasteiger partial charge in [-0.25, -0.2) is 0 Å². The standard InChI is InChI=1S/C22H18F2N2O4/c1-29-18-11-9-17(10-12-18)25-20(27)14-5-7-16(8-6-14)26-21(28)15-3-2-4-19(13-15)30-22(23)24/h2-13,22H,1H3,(H,25,27)(H,26,28).